The molecule has 8 aromatic carbocycles. The predicted octanol–water partition coefficient (Wildman–Crippen LogP) is 28.0. The molecule has 0 radical (unpaired) electrons. The Kier molecular flexibility index (Phi) is 34.1. The molecule has 0 saturated heterocycles. The van der Waals surface area contributed by atoms with Gasteiger partial charge in [-0.25, -0.2) is 0 Å². The summed E-state index contributed by atoms with van der Waals surface area (Å²) in [6.07, 6.45) is 49.4. The molecule has 7 nitrogen and oxygen atoms in total. The SMILES string of the molecule is C=Cc1ccc(Oc2ccc(/C=C/c3cc(OCCCCCCCC)c(/C=C/c4ccc(Oc5ccc(/C=C/c6cc(OCCCCCCCC)c(/C=C/c7ccc(Oc8ccc(C=C)cc8)cc7)cc6OCCCCCCCC)cc5)cc4)cc3OCCCCCCCC)cc2)cc1. The number of rotatable bonds is 48. The van der Waals surface area contributed by atoms with Crippen molar-refractivity contribution in [1.29, 1.82) is 0 Å². The van der Waals surface area contributed by atoms with Gasteiger partial charge < -0.3 is 33.2 Å². The van der Waals surface area contributed by atoms with Crippen LogP contribution in [0, 0.1) is 0 Å². The highest BCUT2D eigenvalue weighted by atomic mass is 16.5. The molecule has 0 aliphatic carbocycles. The highest BCUT2D eigenvalue weighted by Gasteiger charge is 2.14. The Labute approximate surface area is 595 Å². The maximum Gasteiger partial charge on any atom is 0.127 e. The van der Waals surface area contributed by atoms with E-state index in [2.05, 4.69) is 162 Å². The minimum absolute atomic E-state index is 0.648. The second-order valence-corrected chi connectivity index (χ2v) is 25.8. The fourth-order valence-corrected chi connectivity index (χ4v) is 11.5. The maximum atomic E-state index is 6.69. The first-order chi connectivity index (χ1) is 48.8. The van der Waals surface area contributed by atoms with Crippen LogP contribution in [0.5, 0.6) is 57.5 Å². The molecular formula is C92H110O7. The number of unbranched alkanes of at least 4 members (excludes halogenated alkanes) is 20. The van der Waals surface area contributed by atoms with Crippen molar-refractivity contribution in [2.24, 2.45) is 0 Å². The van der Waals surface area contributed by atoms with E-state index in [0.717, 1.165) is 164 Å². The van der Waals surface area contributed by atoms with E-state index in [0.29, 0.717) is 26.4 Å². The van der Waals surface area contributed by atoms with Gasteiger partial charge in [-0.2, -0.15) is 0 Å². The van der Waals surface area contributed by atoms with Crippen LogP contribution in [-0.4, -0.2) is 26.4 Å². The first-order valence-electron chi connectivity index (χ1n) is 37.3. The molecule has 0 aliphatic heterocycles. The van der Waals surface area contributed by atoms with Gasteiger partial charge in [-0.15, -0.1) is 0 Å². The van der Waals surface area contributed by atoms with Crippen LogP contribution in [0.4, 0.5) is 0 Å². The van der Waals surface area contributed by atoms with Crippen LogP contribution in [0.2, 0.25) is 0 Å². The van der Waals surface area contributed by atoms with Crippen LogP contribution in [0.1, 0.15) is 237 Å². The van der Waals surface area contributed by atoms with E-state index in [4.69, 9.17) is 33.2 Å². The molecule has 99 heavy (non-hydrogen) atoms. The van der Waals surface area contributed by atoms with Crippen molar-refractivity contribution in [2.45, 2.75) is 182 Å². The quantitative estimate of drug-likeness (QED) is 0.0278. The molecule has 0 heterocycles. The number of hydrogen-bond acceptors (Lipinski definition) is 7. The van der Waals surface area contributed by atoms with Gasteiger partial charge in [-0.3, -0.25) is 0 Å². The fourth-order valence-electron chi connectivity index (χ4n) is 11.5. The van der Waals surface area contributed by atoms with E-state index in [-0.39, 0.29) is 0 Å². The summed E-state index contributed by atoms with van der Waals surface area (Å²) in [4.78, 5) is 0. The minimum atomic E-state index is 0.648. The van der Waals surface area contributed by atoms with Crippen molar-refractivity contribution in [3.8, 4) is 57.5 Å². The Morgan fingerprint density at radius 2 is 0.404 bits per heavy atom. The molecule has 0 fully saturated rings. The monoisotopic (exact) mass is 1330 g/mol. The predicted molar refractivity (Wildman–Crippen MR) is 423 cm³/mol. The van der Waals surface area contributed by atoms with Gasteiger partial charge in [0, 0.05) is 22.3 Å². The topological polar surface area (TPSA) is 64.6 Å². The summed E-state index contributed by atoms with van der Waals surface area (Å²) >= 11 is 0. The van der Waals surface area contributed by atoms with E-state index in [9.17, 15) is 0 Å². The van der Waals surface area contributed by atoms with Crippen molar-refractivity contribution < 1.29 is 33.2 Å². The highest BCUT2D eigenvalue weighted by molar-refractivity contribution is 5.81. The van der Waals surface area contributed by atoms with Gasteiger partial charge in [0.15, 0.2) is 0 Å². The maximum absolute atomic E-state index is 6.69. The Hall–Kier alpha value is -9.20. The molecule has 520 valence electrons. The van der Waals surface area contributed by atoms with Crippen LogP contribution in [0.25, 0.3) is 60.8 Å². The molecule has 8 aromatic rings. The smallest absolute Gasteiger partial charge is 0.127 e. The Morgan fingerprint density at radius 1 is 0.222 bits per heavy atom. The second kappa shape index (κ2) is 44.7. The van der Waals surface area contributed by atoms with Crippen molar-refractivity contribution in [1.82, 2.24) is 0 Å². The third-order valence-corrected chi connectivity index (χ3v) is 17.6. The van der Waals surface area contributed by atoms with Gasteiger partial charge >= 0.3 is 0 Å². The summed E-state index contributed by atoms with van der Waals surface area (Å²) < 4.78 is 45.5. The molecular weight excluding hydrogens is 1220 g/mol. The summed E-state index contributed by atoms with van der Waals surface area (Å²) in [5, 5.41) is 0. The zero-order valence-electron chi connectivity index (χ0n) is 60.0. The minimum Gasteiger partial charge on any atom is -0.493 e. The molecule has 8 rings (SSSR count). The summed E-state index contributed by atoms with van der Waals surface area (Å²) in [6, 6.07) is 57.3. The first kappa shape index (κ1) is 75.6. The zero-order valence-corrected chi connectivity index (χ0v) is 60.0. The summed E-state index contributed by atoms with van der Waals surface area (Å²) in [5.74, 6) is 7.99. The van der Waals surface area contributed by atoms with Gasteiger partial charge in [-0.1, -0.05) is 303 Å². The van der Waals surface area contributed by atoms with Gasteiger partial charge in [-0.05, 0) is 156 Å². The molecule has 0 spiro atoms. The largest absolute Gasteiger partial charge is 0.493 e. The van der Waals surface area contributed by atoms with Gasteiger partial charge in [0.05, 0.1) is 26.4 Å². The first-order valence-corrected chi connectivity index (χ1v) is 37.3. The summed E-state index contributed by atoms with van der Waals surface area (Å²) in [5.41, 5.74) is 10.2. The Morgan fingerprint density at radius 3 is 0.596 bits per heavy atom. The Bertz CT molecular complexity index is 3460. The lowest BCUT2D eigenvalue weighted by Crippen LogP contribution is -2.03. The van der Waals surface area contributed by atoms with Gasteiger partial charge in [0.25, 0.3) is 0 Å². The van der Waals surface area contributed by atoms with Crippen LogP contribution in [0.15, 0.2) is 183 Å². The fraction of sp³-hybridized carbons (Fsp3) is 0.348. The number of hydrogen-bond donors (Lipinski definition) is 0. The normalized spacial score (nSPS) is 11.5. The lowest BCUT2D eigenvalue weighted by molar-refractivity contribution is 0.295. The van der Waals surface area contributed by atoms with E-state index in [1.807, 2.05) is 109 Å². The van der Waals surface area contributed by atoms with Crippen molar-refractivity contribution in [2.75, 3.05) is 26.4 Å². The van der Waals surface area contributed by atoms with E-state index >= 15 is 0 Å². The third kappa shape index (κ3) is 27.9. The second-order valence-electron chi connectivity index (χ2n) is 25.8. The van der Waals surface area contributed by atoms with Crippen molar-refractivity contribution >= 4 is 60.8 Å². The molecule has 0 amide bonds. The lowest BCUT2D eigenvalue weighted by Gasteiger charge is -2.16. The molecule has 0 aromatic heterocycles. The standard InChI is InChI=1S/C92H110O7/c1-7-13-17-21-25-29-65-93-89-71-81(91(95-67-31-27-23-19-15-9-3)69-79(89)49-33-75-41-57-85(58-42-75)97-83-53-37-73(11-5)38-54-83)51-35-77-45-61-87(62-46-77)99-88-63-47-78(48-64-88)36-52-82-72-90(94-66-30-26-22-18-14-8-2)80(70-92(82)96-68-32-28-24-20-16-10-4)50-34-76-43-59-86(60-44-76)98-84-55-39-74(12-6)40-56-84/h11-12,33-64,69-72H,5-10,13-32,65-68H2,1-4H3/b49-33+,50-34+,51-35+,52-36+. The van der Waals surface area contributed by atoms with Gasteiger partial charge in [0.2, 0.25) is 0 Å². The summed E-state index contributed by atoms with van der Waals surface area (Å²) in [7, 11) is 0. The van der Waals surface area contributed by atoms with Crippen molar-refractivity contribution in [3.05, 3.63) is 239 Å². The molecule has 0 aliphatic rings. The molecule has 7 heteroatoms. The van der Waals surface area contributed by atoms with Crippen LogP contribution < -0.4 is 33.2 Å². The van der Waals surface area contributed by atoms with Crippen molar-refractivity contribution in [3.63, 3.8) is 0 Å². The van der Waals surface area contributed by atoms with Crippen LogP contribution in [0.3, 0.4) is 0 Å². The number of ether oxygens (including phenoxy) is 7. The molecule has 0 bridgehead atoms. The average molecular weight is 1330 g/mol. The highest BCUT2D eigenvalue weighted by Crippen LogP contribution is 2.36. The lowest BCUT2D eigenvalue weighted by atomic mass is 10.0. The molecule has 0 N–H and O–H groups in total. The van der Waals surface area contributed by atoms with Crippen LogP contribution in [-0.2, 0) is 0 Å². The average Bonchev–Trinajstić information content (AvgIpc) is 0.860. The van der Waals surface area contributed by atoms with E-state index < -0.39 is 0 Å². The zero-order chi connectivity index (χ0) is 69.2. The third-order valence-electron chi connectivity index (χ3n) is 17.6. The number of benzene rings is 8. The Balaban J connectivity index is 0.974. The van der Waals surface area contributed by atoms with Crippen LogP contribution >= 0.6 is 0 Å². The summed E-state index contributed by atoms with van der Waals surface area (Å²) in [6.45, 7) is 19.4. The van der Waals surface area contributed by atoms with Gasteiger partial charge in [0.1, 0.15) is 57.5 Å². The molecule has 0 atom stereocenters. The van der Waals surface area contributed by atoms with E-state index in [1.54, 1.807) is 0 Å². The molecule has 0 saturated carbocycles. The van der Waals surface area contributed by atoms with E-state index in [1.165, 1.54) is 103 Å². The molecule has 0 unspecified atom stereocenters.